The van der Waals surface area contributed by atoms with Crippen molar-refractivity contribution in [1.29, 1.82) is 0 Å². The Morgan fingerprint density at radius 2 is 0.633 bits per heavy atom. The van der Waals surface area contributed by atoms with Crippen molar-refractivity contribution in [3.8, 4) is 33.8 Å². The summed E-state index contributed by atoms with van der Waals surface area (Å²) < 4.78 is 100. The molecule has 0 unspecified atom stereocenters. The number of halogens is 6. The summed E-state index contributed by atoms with van der Waals surface area (Å²) in [5.74, 6) is 1.15. The summed E-state index contributed by atoms with van der Waals surface area (Å²) in [6, 6.07) is 41.4. The first-order chi connectivity index (χ1) is 23.5. The lowest BCUT2D eigenvalue weighted by Gasteiger charge is -2.38. The Bertz CT molecular complexity index is 1790. The van der Waals surface area contributed by atoms with Crippen LogP contribution in [0.4, 0.5) is 26.3 Å². The van der Waals surface area contributed by atoms with E-state index in [1.807, 2.05) is 60.7 Å². The second-order valence-electron chi connectivity index (χ2n) is 11.5. The summed E-state index contributed by atoms with van der Waals surface area (Å²) in [6.45, 7) is 0.701. The molecule has 49 heavy (non-hydrogen) atoms. The lowest BCUT2D eigenvalue weighted by Crippen LogP contribution is -2.54. The van der Waals surface area contributed by atoms with Crippen molar-refractivity contribution in [2.24, 2.45) is 0 Å². The van der Waals surface area contributed by atoms with Gasteiger partial charge in [0.05, 0.1) is 0 Å². The molecule has 0 spiro atoms. The van der Waals surface area contributed by atoms with Gasteiger partial charge in [-0.2, -0.15) is 26.3 Å². The molecule has 0 saturated heterocycles. The van der Waals surface area contributed by atoms with Crippen molar-refractivity contribution in [3.05, 3.63) is 180 Å². The number of ether oxygens (including phenoxy) is 2. The van der Waals surface area contributed by atoms with Gasteiger partial charge < -0.3 is 9.47 Å². The molecular weight excluding hydrogens is 638 g/mol. The van der Waals surface area contributed by atoms with Crippen molar-refractivity contribution in [1.82, 2.24) is 0 Å². The van der Waals surface area contributed by atoms with Crippen LogP contribution < -0.4 is 9.47 Å². The topological polar surface area (TPSA) is 18.5 Å². The van der Waals surface area contributed by atoms with E-state index in [-0.39, 0.29) is 0 Å². The fourth-order valence-corrected chi connectivity index (χ4v) is 5.78. The largest absolute Gasteiger partial charge is 0.489 e. The van der Waals surface area contributed by atoms with E-state index in [1.165, 1.54) is 24.3 Å². The SMILES string of the molecule is FC(F)(F)C(c1ccc(-c2ccc(OCc3ccccc3)cc2)cc1)(c1ccc(-c2ccc(OCc3ccccc3)cc2)cc1)C(F)(F)F. The second-order valence-corrected chi connectivity index (χ2v) is 11.5. The molecule has 6 aromatic rings. The fourth-order valence-electron chi connectivity index (χ4n) is 5.78. The highest BCUT2D eigenvalue weighted by atomic mass is 19.4. The van der Waals surface area contributed by atoms with E-state index in [2.05, 4.69) is 0 Å². The minimum Gasteiger partial charge on any atom is -0.489 e. The average molecular weight is 669 g/mol. The average Bonchev–Trinajstić information content (AvgIpc) is 3.11. The Labute approximate surface area is 280 Å². The van der Waals surface area contributed by atoms with Crippen molar-refractivity contribution in [2.75, 3.05) is 0 Å². The van der Waals surface area contributed by atoms with Crippen LogP contribution >= 0.6 is 0 Å². The molecule has 2 nitrogen and oxygen atoms in total. The first-order valence-corrected chi connectivity index (χ1v) is 15.4. The highest BCUT2D eigenvalue weighted by molar-refractivity contribution is 5.67. The van der Waals surface area contributed by atoms with Gasteiger partial charge in [0, 0.05) is 0 Å². The summed E-state index contributed by atoms with van der Waals surface area (Å²) in [5, 5.41) is 0. The van der Waals surface area contributed by atoms with E-state index in [0.29, 0.717) is 47.0 Å². The van der Waals surface area contributed by atoms with Crippen LogP contribution in [0.25, 0.3) is 22.3 Å². The highest BCUT2D eigenvalue weighted by Crippen LogP contribution is 2.56. The van der Waals surface area contributed by atoms with Gasteiger partial charge in [0.15, 0.2) is 0 Å². The summed E-state index contributed by atoms with van der Waals surface area (Å²) in [7, 11) is 0. The molecule has 0 N–H and O–H groups in total. The zero-order valence-corrected chi connectivity index (χ0v) is 26.0. The third-order valence-electron chi connectivity index (χ3n) is 8.36. The highest BCUT2D eigenvalue weighted by Gasteiger charge is 2.72. The normalized spacial score (nSPS) is 12.0. The third kappa shape index (κ3) is 7.18. The van der Waals surface area contributed by atoms with Crippen LogP contribution in [0.2, 0.25) is 0 Å². The molecule has 0 aliphatic heterocycles. The number of benzene rings is 6. The van der Waals surface area contributed by atoms with E-state index >= 15 is 0 Å². The van der Waals surface area contributed by atoms with Gasteiger partial charge in [0.25, 0.3) is 0 Å². The van der Waals surface area contributed by atoms with Gasteiger partial charge >= 0.3 is 12.4 Å². The van der Waals surface area contributed by atoms with E-state index in [0.717, 1.165) is 35.4 Å². The molecule has 0 amide bonds. The van der Waals surface area contributed by atoms with Gasteiger partial charge in [0.1, 0.15) is 24.7 Å². The van der Waals surface area contributed by atoms with E-state index < -0.39 is 28.9 Å². The Hall–Kier alpha value is -5.50. The second kappa shape index (κ2) is 13.9. The first kappa shape index (κ1) is 33.4. The molecule has 0 aliphatic carbocycles. The number of rotatable bonds is 10. The predicted molar refractivity (Wildman–Crippen MR) is 178 cm³/mol. The van der Waals surface area contributed by atoms with Gasteiger partial charge in [-0.3, -0.25) is 0 Å². The van der Waals surface area contributed by atoms with Crippen molar-refractivity contribution >= 4 is 0 Å². The molecule has 0 fully saturated rings. The zero-order chi connectivity index (χ0) is 34.5. The molecule has 0 saturated carbocycles. The van der Waals surface area contributed by atoms with Crippen LogP contribution in [0.1, 0.15) is 22.3 Å². The molecule has 6 aromatic carbocycles. The maximum absolute atomic E-state index is 14.8. The van der Waals surface area contributed by atoms with E-state index in [4.69, 9.17) is 9.47 Å². The van der Waals surface area contributed by atoms with Crippen LogP contribution in [0.15, 0.2) is 158 Å². The maximum Gasteiger partial charge on any atom is 0.411 e. The molecule has 6 rings (SSSR count). The Morgan fingerprint density at radius 1 is 0.347 bits per heavy atom. The lowest BCUT2D eigenvalue weighted by atomic mass is 9.72. The summed E-state index contributed by atoms with van der Waals surface area (Å²) in [6.07, 6.45) is -11.4. The van der Waals surface area contributed by atoms with Crippen LogP contribution in [-0.4, -0.2) is 12.4 Å². The fraction of sp³-hybridized carbons (Fsp3) is 0.122. The van der Waals surface area contributed by atoms with Crippen molar-refractivity contribution < 1.29 is 35.8 Å². The van der Waals surface area contributed by atoms with Crippen molar-refractivity contribution in [2.45, 2.75) is 31.0 Å². The summed E-state index contributed by atoms with van der Waals surface area (Å²) in [4.78, 5) is 0. The molecule has 8 heteroatoms. The van der Waals surface area contributed by atoms with E-state index in [9.17, 15) is 26.3 Å². The summed E-state index contributed by atoms with van der Waals surface area (Å²) >= 11 is 0. The smallest absolute Gasteiger partial charge is 0.411 e. The van der Waals surface area contributed by atoms with Crippen LogP contribution in [-0.2, 0) is 18.6 Å². The number of hydrogen-bond acceptors (Lipinski definition) is 2. The van der Waals surface area contributed by atoms with Crippen LogP contribution in [0, 0.1) is 0 Å². The molecule has 0 radical (unpaired) electrons. The minimum absolute atomic E-state index is 0.350. The summed E-state index contributed by atoms with van der Waals surface area (Å²) in [5.41, 5.74) is -1.98. The predicted octanol–water partition coefficient (Wildman–Crippen LogP) is 11.6. The Kier molecular flexibility index (Phi) is 9.49. The van der Waals surface area contributed by atoms with Gasteiger partial charge in [-0.1, -0.05) is 133 Å². The third-order valence-corrected chi connectivity index (χ3v) is 8.36. The molecule has 0 heterocycles. The standard InChI is InChI=1S/C41H30F6O2/c42-40(43,44)39(41(45,46)47,35-19-11-31(12-20-35)33-15-23-37(24-16-33)48-27-29-7-3-1-4-8-29)36-21-13-32(14-22-36)34-17-25-38(26-18-34)49-28-30-9-5-2-6-10-30/h1-26H,27-28H2. The van der Waals surface area contributed by atoms with Crippen LogP contribution in [0.3, 0.4) is 0 Å². The van der Waals surface area contributed by atoms with Gasteiger partial charge in [-0.25, -0.2) is 0 Å². The minimum atomic E-state index is -5.69. The number of alkyl halides is 6. The van der Waals surface area contributed by atoms with Crippen molar-refractivity contribution in [3.63, 3.8) is 0 Å². The zero-order valence-electron chi connectivity index (χ0n) is 26.0. The first-order valence-electron chi connectivity index (χ1n) is 15.4. The molecule has 0 aromatic heterocycles. The molecule has 0 bridgehead atoms. The molecular formula is C41H30F6O2. The maximum atomic E-state index is 14.8. The van der Waals surface area contributed by atoms with Gasteiger partial charge in [-0.05, 0) is 68.8 Å². The quantitative estimate of drug-likeness (QED) is 0.135. The molecule has 0 aliphatic rings. The van der Waals surface area contributed by atoms with E-state index in [1.54, 1.807) is 48.5 Å². The molecule has 248 valence electrons. The number of hydrogen-bond donors (Lipinski definition) is 0. The van der Waals surface area contributed by atoms with Crippen LogP contribution in [0.5, 0.6) is 11.5 Å². The Morgan fingerprint density at radius 3 is 0.918 bits per heavy atom. The lowest BCUT2D eigenvalue weighted by molar-refractivity contribution is -0.288. The monoisotopic (exact) mass is 668 g/mol. The van der Waals surface area contributed by atoms with Gasteiger partial charge in [0.2, 0.25) is 5.41 Å². The molecule has 0 atom stereocenters. The Balaban J connectivity index is 1.23. The van der Waals surface area contributed by atoms with Gasteiger partial charge in [-0.15, -0.1) is 0 Å².